The van der Waals surface area contributed by atoms with Gasteiger partial charge < -0.3 is 15.3 Å². The number of nitrogens with one attached hydrogen (secondary N) is 1. The molecule has 1 saturated carbocycles. The van der Waals surface area contributed by atoms with E-state index in [0.717, 1.165) is 12.3 Å². The fourth-order valence-corrected chi connectivity index (χ4v) is 3.09. The summed E-state index contributed by atoms with van der Waals surface area (Å²) >= 11 is 1.49. The van der Waals surface area contributed by atoms with E-state index in [2.05, 4.69) is 5.32 Å². The van der Waals surface area contributed by atoms with Crippen molar-refractivity contribution in [3.8, 4) is 0 Å². The van der Waals surface area contributed by atoms with E-state index in [9.17, 15) is 9.59 Å². The standard InChI is InChI=1S/C11H18N2O3S/c14-10(15)9-6-17-7-13(9)11(16)12-5-1-2-8-3-4-8/h8-9H,1-7H2,(H,12,16)(H,14,15). The molecule has 2 aliphatic rings. The summed E-state index contributed by atoms with van der Waals surface area (Å²) in [4.78, 5) is 24.1. The maximum atomic E-state index is 11.8. The van der Waals surface area contributed by atoms with E-state index >= 15 is 0 Å². The Labute approximate surface area is 105 Å². The predicted molar refractivity (Wildman–Crippen MR) is 65.9 cm³/mol. The van der Waals surface area contributed by atoms with Crippen LogP contribution in [0, 0.1) is 5.92 Å². The maximum Gasteiger partial charge on any atom is 0.327 e. The van der Waals surface area contributed by atoms with E-state index in [1.807, 2.05) is 0 Å². The van der Waals surface area contributed by atoms with Crippen molar-refractivity contribution < 1.29 is 14.7 Å². The minimum Gasteiger partial charge on any atom is -0.480 e. The molecule has 17 heavy (non-hydrogen) atoms. The molecule has 1 heterocycles. The lowest BCUT2D eigenvalue weighted by atomic mass is 10.2. The molecule has 96 valence electrons. The minimum absolute atomic E-state index is 0.238. The molecule has 2 rings (SSSR count). The highest BCUT2D eigenvalue weighted by atomic mass is 32.2. The summed E-state index contributed by atoms with van der Waals surface area (Å²) < 4.78 is 0. The van der Waals surface area contributed by atoms with Crippen molar-refractivity contribution in [2.45, 2.75) is 31.7 Å². The Balaban J connectivity index is 1.68. The Kier molecular flexibility index (Phi) is 4.15. The second-order valence-corrected chi connectivity index (χ2v) is 5.64. The SMILES string of the molecule is O=C(O)C1CSCN1C(=O)NCCCC1CC1. The number of hydrogen-bond donors (Lipinski definition) is 2. The molecular weight excluding hydrogens is 240 g/mol. The van der Waals surface area contributed by atoms with Crippen LogP contribution in [0.3, 0.4) is 0 Å². The molecule has 1 saturated heterocycles. The van der Waals surface area contributed by atoms with Crippen LogP contribution in [-0.4, -0.2) is 46.2 Å². The van der Waals surface area contributed by atoms with Crippen LogP contribution < -0.4 is 5.32 Å². The zero-order valence-electron chi connectivity index (χ0n) is 9.72. The zero-order valence-corrected chi connectivity index (χ0v) is 10.5. The summed E-state index contributed by atoms with van der Waals surface area (Å²) in [7, 11) is 0. The maximum absolute atomic E-state index is 11.8. The number of carboxylic acids is 1. The van der Waals surface area contributed by atoms with Gasteiger partial charge in [-0.3, -0.25) is 0 Å². The van der Waals surface area contributed by atoms with Crippen molar-refractivity contribution in [2.75, 3.05) is 18.2 Å². The largest absolute Gasteiger partial charge is 0.480 e. The van der Waals surface area contributed by atoms with E-state index in [0.29, 0.717) is 18.2 Å². The molecule has 0 aromatic heterocycles. The fourth-order valence-electron chi connectivity index (χ4n) is 1.94. The van der Waals surface area contributed by atoms with Crippen LogP contribution in [0.4, 0.5) is 4.79 Å². The molecule has 6 heteroatoms. The monoisotopic (exact) mass is 258 g/mol. The highest BCUT2D eigenvalue weighted by molar-refractivity contribution is 7.99. The summed E-state index contributed by atoms with van der Waals surface area (Å²) in [6.07, 6.45) is 4.84. The predicted octanol–water partition coefficient (Wildman–Crippen LogP) is 1.35. The van der Waals surface area contributed by atoms with Gasteiger partial charge in [-0.2, -0.15) is 0 Å². The zero-order chi connectivity index (χ0) is 12.3. The summed E-state index contributed by atoms with van der Waals surface area (Å²) in [5, 5.41) is 11.8. The summed E-state index contributed by atoms with van der Waals surface area (Å²) in [5.74, 6) is 0.931. The molecule has 5 nitrogen and oxygen atoms in total. The third kappa shape index (κ3) is 3.52. The lowest BCUT2D eigenvalue weighted by Crippen LogP contribution is -2.47. The number of rotatable bonds is 5. The highest BCUT2D eigenvalue weighted by Crippen LogP contribution is 2.33. The van der Waals surface area contributed by atoms with Crippen molar-refractivity contribution in [3.63, 3.8) is 0 Å². The lowest BCUT2D eigenvalue weighted by Gasteiger charge is -2.20. The molecule has 1 aliphatic carbocycles. The fraction of sp³-hybridized carbons (Fsp3) is 0.818. The molecule has 1 unspecified atom stereocenters. The van der Waals surface area contributed by atoms with Crippen molar-refractivity contribution >= 4 is 23.8 Å². The van der Waals surface area contributed by atoms with Gasteiger partial charge in [-0.05, 0) is 18.8 Å². The molecule has 1 atom stereocenters. The van der Waals surface area contributed by atoms with Gasteiger partial charge in [0, 0.05) is 12.3 Å². The Bertz CT molecular complexity index is 307. The van der Waals surface area contributed by atoms with Gasteiger partial charge >= 0.3 is 12.0 Å². The van der Waals surface area contributed by atoms with Crippen LogP contribution in [0.25, 0.3) is 0 Å². The highest BCUT2D eigenvalue weighted by Gasteiger charge is 2.34. The van der Waals surface area contributed by atoms with Gasteiger partial charge in [0.05, 0.1) is 5.88 Å². The first-order valence-electron chi connectivity index (χ1n) is 6.03. The quantitative estimate of drug-likeness (QED) is 0.730. The van der Waals surface area contributed by atoms with Crippen LogP contribution in [0.15, 0.2) is 0 Å². The normalized spacial score (nSPS) is 23.8. The van der Waals surface area contributed by atoms with Gasteiger partial charge in [0.1, 0.15) is 6.04 Å². The lowest BCUT2D eigenvalue weighted by molar-refractivity contribution is -0.140. The van der Waals surface area contributed by atoms with Gasteiger partial charge in [0.2, 0.25) is 0 Å². The first-order valence-corrected chi connectivity index (χ1v) is 7.19. The molecule has 0 spiro atoms. The van der Waals surface area contributed by atoms with Gasteiger partial charge in [0.15, 0.2) is 0 Å². The first kappa shape index (κ1) is 12.5. The number of carbonyl (C=O) groups is 2. The number of carbonyl (C=O) groups excluding carboxylic acids is 1. The van der Waals surface area contributed by atoms with Gasteiger partial charge in [-0.15, -0.1) is 11.8 Å². The second kappa shape index (κ2) is 5.62. The van der Waals surface area contributed by atoms with Crippen LogP contribution in [0.2, 0.25) is 0 Å². The first-order chi connectivity index (χ1) is 8.18. The van der Waals surface area contributed by atoms with Crippen LogP contribution in [-0.2, 0) is 4.79 Å². The molecular formula is C11H18N2O3S. The van der Waals surface area contributed by atoms with Gasteiger partial charge in [-0.1, -0.05) is 12.8 Å². The number of aliphatic carboxylic acids is 1. The molecule has 1 aliphatic heterocycles. The smallest absolute Gasteiger partial charge is 0.327 e. The molecule has 2 N–H and O–H groups in total. The number of urea groups is 1. The number of thioether (sulfide) groups is 1. The van der Waals surface area contributed by atoms with Crippen molar-refractivity contribution in [2.24, 2.45) is 5.92 Å². The molecule has 0 bridgehead atoms. The van der Waals surface area contributed by atoms with E-state index in [1.165, 1.54) is 35.9 Å². The van der Waals surface area contributed by atoms with E-state index in [-0.39, 0.29) is 6.03 Å². The van der Waals surface area contributed by atoms with Crippen molar-refractivity contribution in [1.29, 1.82) is 0 Å². The number of amides is 2. The third-order valence-corrected chi connectivity index (χ3v) is 4.20. The van der Waals surface area contributed by atoms with Gasteiger partial charge in [-0.25, -0.2) is 9.59 Å². The Morgan fingerprint density at radius 1 is 1.41 bits per heavy atom. The molecule has 0 radical (unpaired) electrons. The number of carboxylic acid groups (broad SMARTS) is 1. The van der Waals surface area contributed by atoms with Crippen molar-refractivity contribution in [1.82, 2.24) is 10.2 Å². The molecule has 0 aromatic carbocycles. The van der Waals surface area contributed by atoms with E-state index < -0.39 is 12.0 Å². The Morgan fingerprint density at radius 2 is 2.18 bits per heavy atom. The topological polar surface area (TPSA) is 69.6 Å². The average molecular weight is 258 g/mol. The Morgan fingerprint density at radius 3 is 2.82 bits per heavy atom. The van der Waals surface area contributed by atoms with E-state index in [1.54, 1.807) is 0 Å². The van der Waals surface area contributed by atoms with Crippen LogP contribution in [0.5, 0.6) is 0 Å². The summed E-state index contributed by atoms with van der Waals surface area (Å²) in [6.45, 7) is 0.656. The minimum atomic E-state index is -0.914. The van der Waals surface area contributed by atoms with E-state index in [4.69, 9.17) is 5.11 Å². The molecule has 2 fully saturated rings. The number of nitrogens with zero attached hydrogens (tertiary/aromatic N) is 1. The number of hydrogen-bond acceptors (Lipinski definition) is 3. The van der Waals surface area contributed by atoms with Crippen LogP contribution in [0.1, 0.15) is 25.7 Å². The summed E-state index contributed by atoms with van der Waals surface area (Å²) in [5.41, 5.74) is 0. The van der Waals surface area contributed by atoms with Crippen LogP contribution >= 0.6 is 11.8 Å². The summed E-state index contributed by atoms with van der Waals surface area (Å²) in [6, 6.07) is -0.901. The van der Waals surface area contributed by atoms with Crippen molar-refractivity contribution in [3.05, 3.63) is 0 Å². The Hall–Kier alpha value is -0.910. The molecule has 2 amide bonds. The van der Waals surface area contributed by atoms with Gasteiger partial charge in [0.25, 0.3) is 0 Å². The second-order valence-electron chi connectivity index (χ2n) is 4.64. The average Bonchev–Trinajstić information content (AvgIpc) is 2.97. The third-order valence-electron chi connectivity index (χ3n) is 3.19. The molecule has 0 aromatic rings.